The molecule has 0 unspecified atom stereocenters. The van der Waals surface area contributed by atoms with Gasteiger partial charge >= 0.3 is 5.97 Å². The SMILES string of the molecule is CCOC(=O)[C@H]1CCCN(S(=O)(=O)c2ccc3c(c2)NC(=O)CCS3)C1. The number of piperidine rings is 1. The molecule has 1 amide bonds. The Hall–Kier alpha value is -1.58. The van der Waals surface area contributed by atoms with Crippen molar-refractivity contribution in [1.82, 2.24) is 4.31 Å². The second kappa shape index (κ2) is 7.98. The predicted octanol–water partition coefficient (Wildman–Crippen LogP) is 2.08. The fraction of sp³-hybridized carbons (Fsp3) is 0.529. The van der Waals surface area contributed by atoms with Crippen LogP contribution in [0.4, 0.5) is 5.69 Å². The number of carbonyl (C=O) groups is 2. The van der Waals surface area contributed by atoms with Crippen molar-refractivity contribution >= 4 is 39.3 Å². The third kappa shape index (κ3) is 4.05. The number of benzene rings is 1. The van der Waals surface area contributed by atoms with E-state index >= 15 is 0 Å². The molecule has 2 aliphatic rings. The minimum atomic E-state index is -3.74. The highest BCUT2D eigenvalue weighted by atomic mass is 32.2. The van der Waals surface area contributed by atoms with Crippen molar-refractivity contribution in [1.29, 1.82) is 0 Å². The Morgan fingerprint density at radius 1 is 1.42 bits per heavy atom. The standard InChI is InChI=1S/C17H22N2O5S2/c1-2-24-17(21)12-4-3-8-19(11-12)26(22,23)13-5-6-15-14(10-13)18-16(20)7-9-25-15/h5-6,10,12H,2-4,7-9,11H2,1H3,(H,18,20)/t12-/m0/s1. The quantitative estimate of drug-likeness (QED) is 0.781. The number of nitrogens with zero attached hydrogens (tertiary/aromatic N) is 1. The minimum absolute atomic E-state index is 0.119. The maximum atomic E-state index is 13.0. The number of carbonyl (C=O) groups excluding carboxylic acids is 2. The monoisotopic (exact) mass is 398 g/mol. The Morgan fingerprint density at radius 2 is 2.23 bits per heavy atom. The van der Waals surface area contributed by atoms with Crippen molar-refractivity contribution in [3.8, 4) is 0 Å². The smallest absolute Gasteiger partial charge is 0.310 e. The molecule has 1 fully saturated rings. The number of hydrogen-bond donors (Lipinski definition) is 1. The number of amides is 1. The number of esters is 1. The molecule has 0 aliphatic carbocycles. The first-order valence-electron chi connectivity index (χ1n) is 8.65. The van der Waals surface area contributed by atoms with Crippen molar-refractivity contribution in [3.63, 3.8) is 0 Å². The summed E-state index contributed by atoms with van der Waals surface area (Å²) in [6.45, 7) is 2.51. The van der Waals surface area contributed by atoms with Gasteiger partial charge in [-0.05, 0) is 38.0 Å². The molecule has 9 heteroatoms. The van der Waals surface area contributed by atoms with Crippen molar-refractivity contribution in [2.45, 2.75) is 36.0 Å². The van der Waals surface area contributed by atoms with Crippen LogP contribution in [-0.2, 0) is 24.3 Å². The van der Waals surface area contributed by atoms with E-state index in [0.29, 0.717) is 37.2 Å². The van der Waals surface area contributed by atoms with Crippen molar-refractivity contribution in [2.24, 2.45) is 5.92 Å². The number of hydrogen-bond acceptors (Lipinski definition) is 6. The van der Waals surface area contributed by atoms with E-state index in [1.165, 1.54) is 22.1 Å². The van der Waals surface area contributed by atoms with Gasteiger partial charge in [-0.1, -0.05) is 0 Å². The molecule has 1 N–H and O–H groups in total. The zero-order valence-electron chi connectivity index (χ0n) is 14.6. The van der Waals surface area contributed by atoms with Crippen LogP contribution in [0.1, 0.15) is 26.2 Å². The number of nitrogens with one attached hydrogen (secondary N) is 1. The molecule has 1 atom stereocenters. The van der Waals surface area contributed by atoms with Crippen molar-refractivity contribution in [3.05, 3.63) is 18.2 Å². The Labute approximate surface area is 157 Å². The van der Waals surface area contributed by atoms with E-state index in [1.807, 2.05) is 0 Å². The Kier molecular flexibility index (Phi) is 5.89. The van der Waals surface area contributed by atoms with Crippen LogP contribution < -0.4 is 5.32 Å². The summed E-state index contributed by atoms with van der Waals surface area (Å²) < 4.78 is 32.4. The normalized spacial score (nSPS) is 21.4. The van der Waals surface area contributed by atoms with Gasteiger partial charge in [0.2, 0.25) is 15.9 Å². The number of fused-ring (bicyclic) bond motifs is 1. The maximum absolute atomic E-state index is 13.0. The van der Waals surface area contributed by atoms with Gasteiger partial charge in [-0.3, -0.25) is 9.59 Å². The van der Waals surface area contributed by atoms with Gasteiger partial charge in [-0.25, -0.2) is 8.42 Å². The maximum Gasteiger partial charge on any atom is 0.310 e. The van der Waals surface area contributed by atoms with Gasteiger partial charge in [-0.15, -0.1) is 11.8 Å². The van der Waals surface area contributed by atoms with Gasteiger partial charge in [0.1, 0.15) is 0 Å². The zero-order chi connectivity index (χ0) is 18.7. The summed E-state index contributed by atoms with van der Waals surface area (Å²) in [7, 11) is -3.74. The molecule has 0 aromatic heterocycles. The summed E-state index contributed by atoms with van der Waals surface area (Å²) in [5.74, 6) is -0.239. The molecule has 1 saturated heterocycles. The molecule has 0 radical (unpaired) electrons. The van der Waals surface area contributed by atoms with Gasteiger partial charge in [0.15, 0.2) is 0 Å². The molecule has 0 saturated carbocycles. The van der Waals surface area contributed by atoms with Gasteiger partial charge in [0.05, 0.1) is 23.1 Å². The largest absolute Gasteiger partial charge is 0.466 e. The van der Waals surface area contributed by atoms with E-state index in [2.05, 4.69) is 5.32 Å². The van der Waals surface area contributed by atoms with E-state index in [0.717, 1.165) is 4.90 Å². The zero-order valence-corrected chi connectivity index (χ0v) is 16.2. The first kappa shape index (κ1) is 19.2. The Bertz CT molecular complexity index is 809. The molecule has 7 nitrogen and oxygen atoms in total. The number of thioether (sulfide) groups is 1. The summed E-state index contributed by atoms with van der Waals surface area (Å²) >= 11 is 1.53. The number of sulfonamides is 1. The van der Waals surface area contributed by atoms with Gasteiger partial charge in [-0.2, -0.15) is 4.31 Å². The van der Waals surface area contributed by atoms with E-state index in [-0.39, 0.29) is 29.9 Å². The molecule has 1 aromatic carbocycles. The highest BCUT2D eigenvalue weighted by Crippen LogP contribution is 2.34. The average molecular weight is 399 g/mol. The van der Waals surface area contributed by atoms with Crippen LogP contribution in [0.3, 0.4) is 0 Å². The van der Waals surface area contributed by atoms with Crippen LogP contribution >= 0.6 is 11.8 Å². The third-order valence-electron chi connectivity index (χ3n) is 4.45. The summed E-state index contributed by atoms with van der Waals surface area (Å²) in [6, 6.07) is 4.80. The second-order valence-corrected chi connectivity index (χ2v) is 9.33. The molecule has 2 heterocycles. The lowest BCUT2D eigenvalue weighted by Gasteiger charge is -2.30. The van der Waals surface area contributed by atoms with Crippen molar-refractivity contribution in [2.75, 3.05) is 30.8 Å². The minimum Gasteiger partial charge on any atom is -0.466 e. The lowest BCUT2D eigenvalue weighted by Crippen LogP contribution is -2.42. The first-order chi connectivity index (χ1) is 12.4. The predicted molar refractivity (Wildman–Crippen MR) is 98.5 cm³/mol. The third-order valence-corrected chi connectivity index (χ3v) is 7.39. The van der Waals surface area contributed by atoms with Crippen LogP contribution in [0.25, 0.3) is 0 Å². The molecule has 142 valence electrons. The number of anilines is 1. The molecule has 3 rings (SSSR count). The lowest BCUT2D eigenvalue weighted by atomic mass is 10.0. The van der Waals surface area contributed by atoms with E-state index in [9.17, 15) is 18.0 Å². The molecule has 0 spiro atoms. The summed E-state index contributed by atoms with van der Waals surface area (Å²) in [4.78, 5) is 24.7. The van der Waals surface area contributed by atoms with Gasteiger partial charge < -0.3 is 10.1 Å². The summed E-state index contributed by atoms with van der Waals surface area (Å²) in [5.41, 5.74) is 0.525. The van der Waals surface area contributed by atoms with Crippen LogP contribution in [0.5, 0.6) is 0 Å². The van der Waals surface area contributed by atoms with E-state index < -0.39 is 15.9 Å². The highest BCUT2D eigenvalue weighted by molar-refractivity contribution is 7.99. The fourth-order valence-electron chi connectivity index (χ4n) is 3.12. The topological polar surface area (TPSA) is 92.8 Å². The summed E-state index contributed by atoms with van der Waals surface area (Å²) in [5, 5.41) is 2.76. The lowest BCUT2D eigenvalue weighted by molar-refractivity contribution is -0.149. The highest BCUT2D eigenvalue weighted by Gasteiger charge is 2.34. The molecule has 0 bridgehead atoms. The van der Waals surface area contributed by atoms with Crippen LogP contribution in [0, 0.1) is 5.92 Å². The molecule has 2 aliphatic heterocycles. The average Bonchev–Trinajstić information content (AvgIpc) is 2.81. The summed E-state index contributed by atoms with van der Waals surface area (Å²) in [6.07, 6.45) is 1.64. The number of ether oxygens (including phenoxy) is 1. The Balaban J connectivity index is 1.83. The second-order valence-electron chi connectivity index (χ2n) is 6.26. The van der Waals surface area contributed by atoms with Gasteiger partial charge in [0, 0.05) is 30.2 Å². The molecule has 26 heavy (non-hydrogen) atoms. The van der Waals surface area contributed by atoms with Crippen LogP contribution in [0.15, 0.2) is 28.0 Å². The number of rotatable bonds is 4. The van der Waals surface area contributed by atoms with Gasteiger partial charge in [0.25, 0.3) is 0 Å². The Morgan fingerprint density at radius 3 is 3.00 bits per heavy atom. The fourth-order valence-corrected chi connectivity index (χ4v) is 5.61. The van der Waals surface area contributed by atoms with Crippen LogP contribution in [-0.4, -0.2) is 50.0 Å². The molecule has 1 aromatic rings. The van der Waals surface area contributed by atoms with E-state index in [4.69, 9.17) is 4.74 Å². The van der Waals surface area contributed by atoms with Crippen molar-refractivity contribution < 1.29 is 22.7 Å². The van der Waals surface area contributed by atoms with Crippen LogP contribution in [0.2, 0.25) is 0 Å². The first-order valence-corrected chi connectivity index (χ1v) is 11.1. The molecular weight excluding hydrogens is 376 g/mol. The molecular formula is C17H22N2O5S2. The van der Waals surface area contributed by atoms with E-state index in [1.54, 1.807) is 19.1 Å².